The summed E-state index contributed by atoms with van der Waals surface area (Å²) in [6.45, 7) is 2.50. The van der Waals surface area contributed by atoms with Gasteiger partial charge in [0.25, 0.3) is 0 Å². The van der Waals surface area contributed by atoms with E-state index in [1.165, 1.54) is 0 Å². The molecular weight excluding hydrogens is 286 g/mol. The summed E-state index contributed by atoms with van der Waals surface area (Å²) in [5.74, 6) is 1.06. The third-order valence-corrected chi connectivity index (χ3v) is 3.90. The Morgan fingerprint density at radius 2 is 2.00 bits per heavy atom. The third kappa shape index (κ3) is 2.89. The lowest BCUT2D eigenvalue weighted by Crippen LogP contribution is -2.17. The summed E-state index contributed by atoms with van der Waals surface area (Å²) in [5.41, 5.74) is 1.57. The number of aromatic hydroxyl groups is 1. The van der Waals surface area contributed by atoms with Gasteiger partial charge in [-0.25, -0.2) is 0 Å². The van der Waals surface area contributed by atoms with E-state index in [9.17, 15) is 5.11 Å². The Balaban J connectivity index is 1.75. The largest absolute Gasteiger partial charge is 0.508 e. The van der Waals surface area contributed by atoms with Crippen molar-refractivity contribution in [1.29, 1.82) is 0 Å². The maximum absolute atomic E-state index is 9.84. The van der Waals surface area contributed by atoms with Gasteiger partial charge in [0.1, 0.15) is 17.1 Å². The molecule has 4 heteroatoms. The van der Waals surface area contributed by atoms with Crippen molar-refractivity contribution in [3.05, 3.63) is 64.9 Å². The molecule has 3 nitrogen and oxygen atoms in total. The first-order chi connectivity index (χ1) is 10.1. The standard InChI is InChI=1S/C17H16ClNO2/c1-11(17-9-12-5-2-3-8-16(12)21-17)19-10-13-14(18)6-4-7-15(13)20/h2-9,11,19-20H,10H2,1H3. The van der Waals surface area contributed by atoms with Gasteiger partial charge >= 0.3 is 0 Å². The van der Waals surface area contributed by atoms with Crippen molar-refractivity contribution >= 4 is 22.6 Å². The van der Waals surface area contributed by atoms with Crippen LogP contribution in [0.15, 0.2) is 52.9 Å². The normalized spacial score (nSPS) is 12.7. The minimum Gasteiger partial charge on any atom is -0.508 e. The summed E-state index contributed by atoms with van der Waals surface area (Å²) >= 11 is 6.10. The number of nitrogens with one attached hydrogen (secondary N) is 1. The van der Waals surface area contributed by atoms with Crippen LogP contribution in [0.25, 0.3) is 11.0 Å². The van der Waals surface area contributed by atoms with E-state index in [0.29, 0.717) is 17.1 Å². The summed E-state index contributed by atoms with van der Waals surface area (Å²) in [6, 6.07) is 15.1. The lowest BCUT2D eigenvalue weighted by Gasteiger charge is -2.13. The van der Waals surface area contributed by atoms with Gasteiger partial charge in [-0.1, -0.05) is 35.9 Å². The third-order valence-electron chi connectivity index (χ3n) is 3.55. The molecule has 0 spiro atoms. The summed E-state index contributed by atoms with van der Waals surface area (Å²) in [5, 5.41) is 14.8. The highest BCUT2D eigenvalue weighted by Gasteiger charge is 2.13. The summed E-state index contributed by atoms with van der Waals surface area (Å²) < 4.78 is 5.82. The molecule has 3 aromatic rings. The summed E-state index contributed by atoms with van der Waals surface area (Å²) in [6.07, 6.45) is 0. The summed E-state index contributed by atoms with van der Waals surface area (Å²) in [4.78, 5) is 0. The van der Waals surface area contributed by atoms with Crippen molar-refractivity contribution in [2.75, 3.05) is 0 Å². The molecule has 0 saturated heterocycles. The molecular formula is C17H16ClNO2. The molecule has 21 heavy (non-hydrogen) atoms. The van der Waals surface area contributed by atoms with Gasteiger partial charge in [-0.05, 0) is 31.2 Å². The molecule has 0 saturated carbocycles. The smallest absolute Gasteiger partial charge is 0.134 e. The predicted molar refractivity (Wildman–Crippen MR) is 84.6 cm³/mol. The van der Waals surface area contributed by atoms with Gasteiger partial charge in [0.2, 0.25) is 0 Å². The molecule has 0 radical (unpaired) electrons. The number of rotatable bonds is 4. The Morgan fingerprint density at radius 1 is 1.19 bits per heavy atom. The topological polar surface area (TPSA) is 45.4 Å². The molecule has 1 atom stereocenters. The number of furan rings is 1. The Labute approximate surface area is 128 Å². The summed E-state index contributed by atoms with van der Waals surface area (Å²) in [7, 11) is 0. The van der Waals surface area contributed by atoms with Gasteiger partial charge in [-0.3, -0.25) is 0 Å². The van der Waals surface area contributed by atoms with Crippen LogP contribution in [0.2, 0.25) is 5.02 Å². The SMILES string of the molecule is CC(NCc1c(O)cccc1Cl)c1cc2ccccc2o1. The van der Waals surface area contributed by atoms with E-state index in [4.69, 9.17) is 16.0 Å². The zero-order chi connectivity index (χ0) is 14.8. The Morgan fingerprint density at radius 3 is 2.76 bits per heavy atom. The van der Waals surface area contributed by atoms with E-state index in [1.54, 1.807) is 18.2 Å². The van der Waals surface area contributed by atoms with Gasteiger partial charge in [0.05, 0.1) is 6.04 Å². The molecule has 3 rings (SSSR count). The van der Waals surface area contributed by atoms with Crippen molar-refractivity contribution in [2.24, 2.45) is 0 Å². The highest BCUT2D eigenvalue weighted by Crippen LogP contribution is 2.27. The quantitative estimate of drug-likeness (QED) is 0.737. The second-order valence-corrected chi connectivity index (χ2v) is 5.43. The van der Waals surface area contributed by atoms with Crippen LogP contribution >= 0.6 is 11.6 Å². The highest BCUT2D eigenvalue weighted by atomic mass is 35.5. The van der Waals surface area contributed by atoms with Gasteiger partial charge in [-0.2, -0.15) is 0 Å². The lowest BCUT2D eigenvalue weighted by molar-refractivity contribution is 0.436. The van der Waals surface area contributed by atoms with Crippen LogP contribution in [0.4, 0.5) is 0 Å². The molecule has 0 amide bonds. The number of hydrogen-bond acceptors (Lipinski definition) is 3. The van der Waals surface area contributed by atoms with E-state index in [1.807, 2.05) is 37.3 Å². The predicted octanol–water partition coefficient (Wildman–Crippen LogP) is 4.64. The maximum Gasteiger partial charge on any atom is 0.134 e. The van der Waals surface area contributed by atoms with Crippen LogP contribution in [0, 0.1) is 0 Å². The number of hydrogen-bond donors (Lipinski definition) is 2. The molecule has 0 aliphatic heterocycles. The molecule has 1 unspecified atom stereocenters. The van der Waals surface area contributed by atoms with E-state index in [0.717, 1.165) is 16.7 Å². The molecule has 1 aromatic heterocycles. The fourth-order valence-electron chi connectivity index (χ4n) is 2.29. The van der Waals surface area contributed by atoms with Crippen LogP contribution in [0.5, 0.6) is 5.75 Å². The Kier molecular flexibility index (Phi) is 3.86. The fourth-order valence-corrected chi connectivity index (χ4v) is 2.53. The van der Waals surface area contributed by atoms with Gasteiger partial charge in [0, 0.05) is 22.5 Å². The second-order valence-electron chi connectivity index (χ2n) is 5.03. The average Bonchev–Trinajstić information content (AvgIpc) is 2.90. The number of phenols is 1. The molecule has 0 fully saturated rings. The first-order valence-corrected chi connectivity index (χ1v) is 7.21. The van der Waals surface area contributed by atoms with E-state index in [2.05, 4.69) is 5.32 Å². The minimum absolute atomic E-state index is 0.0214. The van der Waals surface area contributed by atoms with Crippen LogP contribution in [0.1, 0.15) is 24.3 Å². The average molecular weight is 302 g/mol. The first-order valence-electron chi connectivity index (χ1n) is 6.83. The number of fused-ring (bicyclic) bond motifs is 1. The number of phenolic OH excluding ortho intramolecular Hbond substituents is 1. The van der Waals surface area contributed by atoms with Crippen molar-refractivity contribution in [3.8, 4) is 5.75 Å². The van der Waals surface area contributed by atoms with Gasteiger partial charge in [-0.15, -0.1) is 0 Å². The van der Waals surface area contributed by atoms with Gasteiger partial charge in [0.15, 0.2) is 0 Å². The number of halogens is 1. The molecule has 0 aliphatic carbocycles. The molecule has 108 valence electrons. The minimum atomic E-state index is 0.0214. The van der Waals surface area contributed by atoms with Gasteiger partial charge < -0.3 is 14.8 Å². The maximum atomic E-state index is 9.84. The van der Waals surface area contributed by atoms with Crippen LogP contribution in [0.3, 0.4) is 0 Å². The fraction of sp³-hybridized carbons (Fsp3) is 0.176. The lowest BCUT2D eigenvalue weighted by atomic mass is 10.1. The van der Waals surface area contributed by atoms with E-state index >= 15 is 0 Å². The molecule has 0 aliphatic rings. The number of benzene rings is 2. The highest BCUT2D eigenvalue weighted by molar-refractivity contribution is 6.31. The van der Waals surface area contributed by atoms with Crippen LogP contribution in [-0.2, 0) is 6.54 Å². The molecule has 2 aromatic carbocycles. The molecule has 1 heterocycles. The van der Waals surface area contributed by atoms with Crippen molar-refractivity contribution in [3.63, 3.8) is 0 Å². The van der Waals surface area contributed by atoms with Crippen LogP contribution in [-0.4, -0.2) is 5.11 Å². The van der Waals surface area contributed by atoms with E-state index in [-0.39, 0.29) is 11.8 Å². The first kappa shape index (κ1) is 14.0. The molecule has 2 N–H and O–H groups in total. The van der Waals surface area contributed by atoms with Crippen molar-refractivity contribution in [2.45, 2.75) is 19.5 Å². The molecule has 0 bridgehead atoms. The van der Waals surface area contributed by atoms with Crippen molar-refractivity contribution < 1.29 is 9.52 Å². The number of para-hydroxylation sites is 1. The Bertz CT molecular complexity index is 713. The van der Waals surface area contributed by atoms with Crippen molar-refractivity contribution in [1.82, 2.24) is 5.32 Å². The zero-order valence-electron chi connectivity index (χ0n) is 11.6. The second kappa shape index (κ2) is 5.80. The zero-order valence-corrected chi connectivity index (χ0v) is 12.4. The van der Waals surface area contributed by atoms with E-state index < -0.39 is 0 Å². The van der Waals surface area contributed by atoms with Crippen LogP contribution < -0.4 is 5.32 Å². The monoisotopic (exact) mass is 301 g/mol. The Hall–Kier alpha value is -1.97.